The predicted molar refractivity (Wildman–Crippen MR) is 26.6 cm³/mol. The summed E-state index contributed by atoms with van der Waals surface area (Å²) in [5.74, 6) is 0. The van der Waals surface area contributed by atoms with Crippen LogP contribution in [0, 0.1) is 5.21 Å². The van der Waals surface area contributed by atoms with Crippen LogP contribution in [0.15, 0.2) is 18.5 Å². The van der Waals surface area contributed by atoms with E-state index in [1.54, 1.807) is 6.20 Å². The molecule has 0 saturated heterocycles. The minimum Gasteiger partial charge on any atom is -0.595 e. The van der Waals surface area contributed by atoms with Gasteiger partial charge < -0.3 is 10.2 Å². The van der Waals surface area contributed by atoms with E-state index in [0.717, 1.165) is 0 Å². The Hall–Kier alpha value is -0.840. The summed E-state index contributed by atoms with van der Waals surface area (Å²) >= 11 is 0. The highest BCUT2D eigenvalue weighted by Gasteiger charge is 1.94. The maximum Gasteiger partial charge on any atom is 0.181 e. The third-order valence-corrected chi connectivity index (χ3v) is 0.845. The van der Waals surface area contributed by atoms with Crippen molar-refractivity contribution >= 4 is 5.69 Å². The average Bonchev–Trinajstić information content (AvgIpc) is 2.12. The van der Waals surface area contributed by atoms with Crippen molar-refractivity contribution in [3.05, 3.63) is 23.7 Å². The van der Waals surface area contributed by atoms with Crippen LogP contribution in [-0.2, 0) is 0 Å². The van der Waals surface area contributed by atoms with Gasteiger partial charge in [0.15, 0.2) is 5.69 Å². The van der Waals surface area contributed by atoms with Crippen LogP contribution in [0.2, 0.25) is 0 Å². The molecule has 1 aromatic rings. The number of rotatable bonds is 1. The normalized spacial score (nSPS) is 13.8. The van der Waals surface area contributed by atoms with Crippen LogP contribution in [-0.4, -0.2) is 10.2 Å². The van der Waals surface area contributed by atoms with Crippen molar-refractivity contribution in [1.82, 2.24) is 4.98 Å². The van der Waals surface area contributed by atoms with E-state index < -0.39 is 5.23 Å². The quantitative estimate of drug-likeness (QED) is 0.427. The van der Waals surface area contributed by atoms with Gasteiger partial charge in [0, 0.05) is 12.3 Å². The molecule has 4 nitrogen and oxygen atoms in total. The molecule has 0 aromatic carbocycles. The number of aromatic amines is 1. The Bertz CT molecular complexity index is 147. The van der Waals surface area contributed by atoms with Crippen molar-refractivity contribution in [1.29, 1.82) is 0 Å². The zero-order valence-corrected chi connectivity index (χ0v) is 4.09. The lowest BCUT2D eigenvalue weighted by Gasteiger charge is -2.07. The van der Waals surface area contributed by atoms with E-state index in [1.807, 2.05) is 0 Å². The first-order valence-corrected chi connectivity index (χ1v) is 2.17. The van der Waals surface area contributed by atoms with Crippen molar-refractivity contribution < 1.29 is 10.4 Å². The lowest BCUT2D eigenvalue weighted by atomic mass is 10.6. The van der Waals surface area contributed by atoms with Crippen LogP contribution in [0.1, 0.15) is 0 Å². The molecule has 0 aliphatic carbocycles. The highest BCUT2D eigenvalue weighted by atomic mass is 16.8. The molecule has 0 fully saturated rings. The van der Waals surface area contributed by atoms with Crippen molar-refractivity contribution in [3.8, 4) is 0 Å². The predicted octanol–water partition coefficient (Wildman–Crippen LogP) is -0.582. The smallest absolute Gasteiger partial charge is 0.181 e. The fourth-order valence-electron chi connectivity index (χ4n) is 0.457. The fourth-order valence-corrected chi connectivity index (χ4v) is 0.457. The Labute approximate surface area is 45.9 Å². The number of hydrogen-bond donors (Lipinski definition) is 3. The molecule has 0 aliphatic rings. The summed E-state index contributed by atoms with van der Waals surface area (Å²) in [4.78, 5) is 2.63. The van der Waals surface area contributed by atoms with Gasteiger partial charge in [0.25, 0.3) is 0 Å². The van der Waals surface area contributed by atoms with Gasteiger partial charge in [-0.2, -0.15) is 5.23 Å². The Kier molecular flexibility index (Phi) is 1.29. The second-order valence-corrected chi connectivity index (χ2v) is 1.40. The van der Waals surface area contributed by atoms with Gasteiger partial charge in [-0.25, -0.2) is 5.21 Å². The number of aromatic nitrogens is 1. The second kappa shape index (κ2) is 1.95. The minimum atomic E-state index is -0.897. The van der Waals surface area contributed by atoms with Crippen molar-refractivity contribution in [2.24, 2.45) is 0 Å². The molecule has 1 heterocycles. The van der Waals surface area contributed by atoms with E-state index in [4.69, 9.17) is 5.21 Å². The van der Waals surface area contributed by atoms with Crippen LogP contribution < -0.4 is 5.23 Å². The molecule has 0 amide bonds. The van der Waals surface area contributed by atoms with Crippen LogP contribution >= 0.6 is 0 Å². The molecule has 8 heavy (non-hydrogen) atoms. The zero-order valence-electron chi connectivity index (χ0n) is 4.09. The SMILES string of the molecule is [O-][NH+](O)c1cc[nH]c1. The summed E-state index contributed by atoms with van der Waals surface area (Å²) in [6.45, 7) is 0. The van der Waals surface area contributed by atoms with Gasteiger partial charge in [-0.05, 0) is 0 Å². The summed E-state index contributed by atoms with van der Waals surface area (Å²) < 4.78 is 0. The number of hydrogen-bond acceptors (Lipinski definition) is 2. The van der Waals surface area contributed by atoms with Gasteiger partial charge >= 0.3 is 0 Å². The monoisotopic (exact) mass is 114 g/mol. The van der Waals surface area contributed by atoms with Gasteiger partial charge in [0.2, 0.25) is 0 Å². The Morgan fingerprint density at radius 1 is 1.75 bits per heavy atom. The third kappa shape index (κ3) is 0.865. The molecule has 0 saturated carbocycles. The zero-order chi connectivity index (χ0) is 5.98. The molecule has 3 N–H and O–H groups in total. The molecule has 1 unspecified atom stereocenters. The Balaban J connectivity index is 2.77. The highest BCUT2D eigenvalue weighted by Crippen LogP contribution is 1.93. The topological polar surface area (TPSA) is 63.5 Å². The Morgan fingerprint density at radius 2 is 2.50 bits per heavy atom. The van der Waals surface area contributed by atoms with E-state index in [9.17, 15) is 5.21 Å². The number of quaternary nitrogens is 1. The van der Waals surface area contributed by atoms with Gasteiger partial charge in [-0.1, -0.05) is 0 Å². The molecule has 1 rings (SSSR count). The molecule has 4 heteroatoms. The molecule has 0 spiro atoms. The summed E-state index contributed by atoms with van der Waals surface area (Å²) in [6, 6.07) is 1.50. The average molecular weight is 114 g/mol. The highest BCUT2D eigenvalue weighted by molar-refractivity contribution is 5.22. The standard InChI is InChI=1S/C4H6N2O2/c7-6(8)4-1-2-5-3-4/h1-3,5-7H. The lowest BCUT2D eigenvalue weighted by Crippen LogP contribution is -2.99. The molecular weight excluding hydrogens is 108 g/mol. The largest absolute Gasteiger partial charge is 0.595 e. The minimum absolute atomic E-state index is 0.296. The van der Waals surface area contributed by atoms with Crippen molar-refractivity contribution in [2.75, 3.05) is 0 Å². The summed E-state index contributed by atoms with van der Waals surface area (Å²) in [6.07, 6.45) is 3.01. The molecule has 0 aliphatic heterocycles. The van der Waals surface area contributed by atoms with Gasteiger partial charge in [0.1, 0.15) is 0 Å². The fraction of sp³-hybridized carbons (Fsp3) is 0. The van der Waals surface area contributed by atoms with Crippen LogP contribution in [0.5, 0.6) is 0 Å². The maximum absolute atomic E-state index is 10.0. The van der Waals surface area contributed by atoms with Crippen LogP contribution in [0.25, 0.3) is 0 Å². The van der Waals surface area contributed by atoms with E-state index in [0.29, 0.717) is 5.69 Å². The molecule has 0 radical (unpaired) electrons. The van der Waals surface area contributed by atoms with E-state index in [-0.39, 0.29) is 0 Å². The number of nitrogens with one attached hydrogen (secondary N) is 2. The maximum atomic E-state index is 10.0. The van der Waals surface area contributed by atoms with Crippen molar-refractivity contribution in [3.63, 3.8) is 0 Å². The number of H-pyrrole nitrogens is 1. The van der Waals surface area contributed by atoms with E-state index in [1.165, 1.54) is 12.3 Å². The van der Waals surface area contributed by atoms with Gasteiger partial charge in [-0.3, -0.25) is 0 Å². The van der Waals surface area contributed by atoms with Crippen LogP contribution in [0.4, 0.5) is 5.69 Å². The third-order valence-electron chi connectivity index (χ3n) is 0.845. The molecule has 1 aromatic heterocycles. The Morgan fingerprint density at radius 3 is 2.75 bits per heavy atom. The molecule has 44 valence electrons. The first-order chi connectivity index (χ1) is 3.80. The van der Waals surface area contributed by atoms with Gasteiger partial charge in [0.05, 0.1) is 6.20 Å². The van der Waals surface area contributed by atoms with E-state index >= 15 is 0 Å². The molecule has 1 atom stereocenters. The summed E-state index contributed by atoms with van der Waals surface area (Å²) in [5.41, 5.74) is 0.296. The summed E-state index contributed by atoms with van der Waals surface area (Å²) in [5, 5.41) is 17.4. The van der Waals surface area contributed by atoms with Gasteiger partial charge in [-0.15, -0.1) is 0 Å². The van der Waals surface area contributed by atoms with Crippen LogP contribution in [0.3, 0.4) is 0 Å². The molecular formula is C4H6N2O2. The second-order valence-electron chi connectivity index (χ2n) is 1.40. The first kappa shape index (κ1) is 5.30. The first-order valence-electron chi connectivity index (χ1n) is 2.17. The molecule has 0 bridgehead atoms. The van der Waals surface area contributed by atoms with Crippen molar-refractivity contribution in [2.45, 2.75) is 0 Å². The summed E-state index contributed by atoms with van der Waals surface area (Å²) in [7, 11) is 0. The lowest BCUT2D eigenvalue weighted by molar-refractivity contribution is -0.991. The van der Waals surface area contributed by atoms with E-state index in [2.05, 4.69) is 4.98 Å².